The molecule has 1 aromatic heterocycles. The molecule has 0 fully saturated rings. The summed E-state index contributed by atoms with van der Waals surface area (Å²) in [5.41, 5.74) is 9.36. The van der Waals surface area contributed by atoms with Crippen molar-refractivity contribution in [2.45, 2.75) is 33.2 Å². The monoisotopic (exact) mass is 239 g/mol. The highest BCUT2D eigenvalue weighted by molar-refractivity contribution is 5.85. The van der Waals surface area contributed by atoms with Crippen LogP contribution in [-0.4, -0.2) is 15.8 Å². The molecule has 0 spiro atoms. The number of hydrogen-bond acceptors (Lipinski definition) is 2. The van der Waals surface area contributed by atoms with Gasteiger partial charge in [0.25, 0.3) is 0 Å². The van der Waals surface area contributed by atoms with E-state index in [2.05, 4.69) is 12.0 Å². The summed E-state index contributed by atoms with van der Waals surface area (Å²) in [5, 5.41) is 4.32. The van der Waals surface area contributed by atoms with Crippen LogP contribution >= 0.6 is 24.8 Å². The Morgan fingerprint density at radius 2 is 1.86 bits per heavy atom. The average molecular weight is 240 g/mol. The molecule has 3 nitrogen and oxygen atoms in total. The van der Waals surface area contributed by atoms with E-state index in [-0.39, 0.29) is 30.9 Å². The lowest BCUT2D eigenvalue weighted by atomic mass is 10.1. The first kappa shape index (κ1) is 16.2. The first-order chi connectivity index (χ1) is 5.52. The van der Waals surface area contributed by atoms with Crippen molar-refractivity contribution in [1.29, 1.82) is 0 Å². The number of aromatic nitrogens is 2. The van der Waals surface area contributed by atoms with Crippen LogP contribution in [0.2, 0.25) is 0 Å². The lowest BCUT2D eigenvalue weighted by Crippen LogP contribution is -2.18. The molecule has 0 aliphatic carbocycles. The zero-order valence-electron chi connectivity index (χ0n) is 9.07. The van der Waals surface area contributed by atoms with Crippen LogP contribution in [0.25, 0.3) is 0 Å². The zero-order valence-corrected chi connectivity index (χ0v) is 10.7. The van der Waals surface area contributed by atoms with Crippen molar-refractivity contribution in [2.75, 3.05) is 0 Å². The Balaban J connectivity index is 0. The predicted molar refractivity (Wildman–Crippen MR) is 64.5 cm³/mol. The Labute approximate surface area is 97.9 Å². The Hall–Kier alpha value is -0.250. The minimum absolute atomic E-state index is 0. The van der Waals surface area contributed by atoms with E-state index >= 15 is 0 Å². The van der Waals surface area contributed by atoms with Crippen LogP contribution in [0.5, 0.6) is 0 Å². The average Bonchev–Trinajstić information content (AvgIpc) is 2.16. The van der Waals surface area contributed by atoms with Crippen LogP contribution in [0.15, 0.2) is 0 Å². The maximum Gasteiger partial charge on any atom is 0.0628 e. The summed E-state index contributed by atoms with van der Waals surface area (Å²) < 4.78 is 1.91. The molecule has 0 aliphatic heterocycles. The minimum atomic E-state index is 0. The Bertz CT molecular complexity index is 282. The molecule has 1 heterocycles. The van der Waals surface area contributed by atoms with Gasteiger partial charge in [-0.05, 0) is 32.8 Å². The zero-order chi connectivity index (χ0) is 9.30. The quantitative estimate of drug-likeness (QED) is 0.856. The minimum Gasteiger partial charge on any atom is -0.328 e. The fourth-order valence-electron chi connectivity index (χ4n) is 1.43. The lowest BCUT2D eigenvalue weighted by molar-refractivity contribution is 0.717. The van der Waals surface area contributed by atoms with Crippen molar-refractivity contribution in [3.63, 3.8) is 0 Å². The number of hydrogen-bond donors (Lipinski definition) is 1. The van der Waals surface area contributed by atoms with E-state index in [9.17, 15) is 0 Å². The number of nitrogens with two attached hydrogens (primary N) is 1. The van der Waals surface area contributed by atoms with Crippen molar-refractivity contribution >= 4 is 24.8 Å². The van der Waals surface area contributed by atoms with Gasteiger partial charge >= 0.3 is 0 Å². The number of aryl methyl sites for hydroxylation is 2. The van der Waals surface area contributed by atoms with Crippen molar-refractivity contribution < 1.29 is 0 Å². The topological polar surface area (TPSA) is 43.8 Å². The normalized spacial score (nSPS) is 11.5. The molecule has 0 aliphatic rings. The molecule has 0 amide bonds. The number of halogens is 2. The maximum absolute atomic E-state index is 5.73. The number of rotatable bonds is 2. The molecule has 14 heavy (non-hydrogen) atoms. The molecule has 0 bridgehead atoms. The van der Waals surface area contributed by atoms with Crippen LogP contribution in [0.4, 0.5) is 0 Å². The molecule has 0 saturated carbocycles. The third-order valence-corrected chi connectivity index (χ3v) is 2.18. The van der Waals surface area contributed by atoms with Gasteiger partial charge < -0.3 is 5.73 Å². The van der Waals surface area contributed by atoms with Gasteiger partial charge in [0.2, 0.25) is 0 Å². The smallest absolute Gasteiger partial charge is 0.0628 e. The second-order valence-electron chi connectivity index (χ2n) is 3.45. The second-order valence-corrected chi connectivity index (χ2v) is 3.45. The maximum atomic E-state index is 5.73. The van der Waals surface area contributed by atoms with E-state index < -0.39 is 0 Å². The van der Waals surface area contributed by atoms with Gasteiger partial charge in [0.15, 0.2) is 0 Å². The Kier molecular flexibility index (Phi) is 7.26. The van der Waals surface area contributed by atoms with Crippen LogP contribution in [0, 0.1) is 13.8 Å². The fraction of sp³-hybridized carbons (Fsp3) is 0.667. The number of nitrogens with zero attached hydrogens (tertiary/aromatic N) is 2. The summed E-state index contributed by atoms with van der Waals surface area (Å²) in [6, 6.07) is 0.214. The SMILES string of the molecule is Cc1nn(C)c(C)c1CC(C)N.Cl.Cl. The first-order valence-corrected chi connectivity index (χ1v) is 4.27. The van der Waals surface area contributed by atoms with Gasteiger partial charge in [0.1, 0.15) is 0 Å². The highest BCUT2D eigenvalue weighted by atomic mass is 35.5. The molecular formula is C9H19Cl2N3. The van der Waals surface area contributed by atoms with Crippen molar-refractivity contribution in [3.05, 3.63) is 17.0 Å². The summed E-state index contributed by atoms with van der Waals surface area (Å²) in [6.45, 7) is 6.13. The lowest BCUT2D eigenvalue weighted by Gasteiger charge is -2.04. The standard InChI is InChI=1S/C9H17N3.2ClH/c1-6(10)5-9-7(2)11-12(4)8(9)3;;/h6H,5,10H2,1-4H3;2*1H. The summed E-state index contributed by atoms with van der Waals surface area (Å²) in [6.07, 6.45) is 0.922. The van der Waals surface area contributed by atoms with E-state index in [1.54, 1.807) is 0 Å². The van der Waals surface area contributed by atoms with E-state index in [1.165, 1.54) is 11.3 Å². The summed E-state index contributed by atoms with van der Waals surface area (Å²) in [5.74, 6) is 0. The second kappa shape index (κ2) is 6.27. The van der Waals surface area contributed by atoms with Gasteiger partial charge in [-0.15, -0.1) is 24.8 Å². The molecule has 1 unspecified atom stereocenters. The largest absolute Gasteiger partial charge is 0.328 e. The van der Waals surface area contributed by atoms with Gasteiger partial charge in [0, 0.05) is 18.8 Å². The third kappa shape index (κ3) is 3.48. The summed E-state index contributed by atoms with van der Waals surface area (Å²) in [7, 11) is 1.97. The Morgan fingerprint density at radius 1 is 1.36 bits per heavy atom. The molecule has 1 aromatic rings. The van der Waals surface area contributed by atoms with Gasteiger partial charge in [-0.2, -0.15) is 5.10 Å². The third-order valence-electron chi connectivity index (χ3n) is 2.18. The van der Waals surface area contributed by atoms with Crippen molar-refractivity contribution in [2.24, 2.45) is 12.8 Å². The molecule has 84 valence electrons. The molecule has 5 heteroatoms. The molecule has 0 aromatic carbocycles. The van der Waals surface area contributed by atoms with E-state index in [0.29, 0.717) is 0 Å². The summed E-state index contributed by atoms with van der Waals surface area (Å²) >= 11 is 0. The molecule has 0 saturated heterocycles. The highest BCUT2D eigenvalue weighted by Gasteiger charge is 2.09. The molecular weight excluding hydrogens is 221 g/mol. The molecule has 1 atom stereocenters. The van der Waals surface area contributed by atoms with E-state index in [4.69, 9.17) is 5.73 Å². The fourth-order valence-corrected chi connectivity index (χ4v) is 1.43. The van der Waals surface area contributed by atoms with E-state index in [1.807, 2.05) is 25.6 Å². The van der Waals surface area contributed by atoms with Gasteiger partial charge in [0.05, 0.1) is 5.69 Å². The van der Waals surface area contributed by atoms with Gasteiger partial charge in [-0.3, -0.25) is 4.68 Å². The highest BCUT2D eigenvalue weighted by Crippen LogP contribution is 2.13. The van der Waals surface area contributed by atoms with Crippen LogP contribution < -0.4 is 5.73 Å². The molecule has 0 radical (unpaired) electrons. The molecule has 1 rings (SSSR count). The molecule has 2 N–H and O–H groups in total. The van der Waals surface area contributed by atoms with Crippen molar-refractivity contribution in [3.8, 4) is 0 Å². The summed E-state index contributed by atoms with van der Waals surface area (Å²) in [4.78, 5) is 0. The van der Waals surface area contributed by atoms with Crippen LogP contribution in [0.1, 0.15) is 23.9 Å². The van der Waals surface area contributed by atoms with Crippen LogP contribution in [-0.2, 0) is 13.5 Å². The van der Waals surface area contributed by atoms with Crippen molar-refractivity contribution in [1.82, 2.24) is 9.78 Å². The van der Waals surface area contributed by atoms with E-state index in [0.717, 1.165) is 12.1 Å². The van der Waals surface area contributed by atoms with Gasteiger partial charge in [-0.1, -0.05) is 0 Å². The Morgan fingerprint density at radius 3 is 2.14 bits per heavy atom. The first-order valence-electron chi connectivity index (χ1n) is 4.27. The van der Waals surface area contributed by atoms with Crippen LogP contribution in [0.3, 0.4) is 0 Å². The predicted octanol–water partition coefficient (Wildman–Crippen LogP) is 1.77. The van der Waals surface area contributed by atoms with Gasteiger partial charge in [-0.25, -0.2) is 0 Å².